The number of nitrogens with zero attached hydrogens (tertiary/aromatic N) is 1. The van der Waals surface area contributed by atoms with Crippen molar-refractivity contribution in [2.75, 3.05) is 19.3 Å². The molecule has 0 saturated carbocycles. The molecule has 20 heavy (non-hydrogen) atoms. The van der Waals surface area contributed by atoms with Gasteiger partial charge in [0, 0.05) is 25.7 Å². The number of hydrogen-bond acceptors (Lipinski definition) is 3. The summed E-state index contributed by atoms with van der Waals surface area (Å²) in [6.45, 7) is 6.33. The van der Waals surface area contributed by atoms with E-state index in [9.17, 15) is 8.42 Å². The van der Waals surface area contributed by atoms with Gasteiger partial charge in [-0.05, 0) is 32.3 Å². The third-order valence-electron chi connectivity index (χ3n) is 3.80. The van der Waals surface area contributed by atoms with Crippen molar-refractivity contribution in [2.45, 2.75) is 39.3 Å². The molecule has 5 heteroatoms. The van der Waals surface area contributed by atoms with Gasteiger partial charge in [0.15, 0.2) is 0 Å². The molecule has 0 spiro atoms. The highest BCUT2D eigenvalue weighted by Crippen LogP contribution is 2.14. The molecule has 4 nitrogen and oxygen atoms in total. The first-order chi connectivity index (χ1) is 9.34. The molecule has 2 rings (SSSR count). The molecule has 0 atom stereocenters. The van der Waals surface area contributed by atoms with E-state index < -0.39 is 10.0 Å². The van der Waals surface area contributed by atoms with E-state index in [-0.39, 0.29) is 0 Å². The van der Waals surface area contributed by atoms with Gasteiger partial charge in [-0.3, -0.25) is 0 Å². The van der Waals surface area contributed by atoms with Crippen LogP contribution in [-0.4, -0.2) is 38.1 Å². The van der Waals surface area contributed by atoms with Crippen LogP contribution in [0.2, 0.25) is 0 Å². The van der Waals surface area contributed by atoms with Gasteiger partial charge in [0.25, 0.3) is 0 Å². The second kappa shape index (κ2) is 6.24. The van der Waals surface area contributed by atoms with E-state index in [1.807, 2.05) is 0 Å². The largest absolute Gasteiger partial charge is 0.310 e. The Labute approximate surface area is 122 Å². The van der Waals surface area contributed by atoms with Crippen LogP contribution in [0.25, 0.3) is 0 Å². The lowest BCUT2D eigenvalue weighted by atomic mass is 10.0. The fourth-order valence-corrected chi connectivity index (χ4v) is 3.70. The van der Waals surface area contributed by atoms with E-state index in [0.29, 0.717) is 19.1 Å². The first-order valence-corrected chi connectivity index (χ1v) is 8.95. The summed E-state index contributed by atoms with van der Waals surface area (Å²) in [6.07, 6.45) is 3.06. The molecule has 1 aliphatic heterocycles. The Kier molecular flexibility index (Phi) is 4.83. The van der Waals surface area contributed by atoms with Crippen LogP contribution in [0.1, 0.15) is 29.5 Å². The monoisotopic (exact) mass is 296 g/mol. The molecule has 1 fully saturated rings. The molecule has 1 heterocycles. The SMILES string of the molecule is Cc1cc(C)cc(CNC2CCN(S(C)(=O)=O)CC2)c1. The molecule has 0 aliphatic carbocycles. The van der Waals surface area contributed by atoms with Crippen molar-refractivity contribution in [2.24, 2.45) is 0 Å². The molecule has 0 radical (unpaired) electrons. The number of aryl methyl sites for hydroxylation is 2. The van der Waals surface area contributed by atoms with E-state index in [1.165, 1.54) is 22.9 Å². The number of piperidine rings is 1. The summed E-state index contributed by atoms with van der Waals surface area (Å²) in [7, 11) is -3.02. The zero-order valence-electron chi connectivity index (χ0n) is 12.5. The standard InChI is InChI=1S/C15H24N2O2S/c1-12-8-13(2)10-14(9-12)11-16-15-4-6-17(7-5-15)20(3,18)19/h8-10,15-16H,4-7,11H2,1-3H3. The smallest absolute Gasteiger partial charge is 0.211 e. The van der Waals surface area contributed by atoms with E-state index >= 15 is 0 Å². The lowest BCUT2D eigenvalue weighted by Gasteiger charge is -2.30. The van der Waals surface area contributed by atoms with Crippen LogP contribution < -0.4 is 5.32 Å². The minimum absolute atomic E-state index is 0.411. The predicted octanol–water partition coefficient (Wildman–Crippen LogP) is 1.82. The van der Waals surface area contributed by atoms with Crippen LogP contribution in [0.5, 0.6) is 0 Å². The van der Waals surface area contributed by atoms with E-state index in [0.717, 1.165) is 19.4 Å². The molecule has 112 valence electrons. The van der Waals surface area contributed by atoms with Crippen LogP contribution in [-0.2, 0) is 16.6 Å². The molecular weight excluding hydrogens is 272 g/mol. The Bertz CT molecular complexity index is 541. The Morgan fingerprint density at radius 3 is 2.20 bits per heavy atom. The first kappa shape index (κ1) is 15.5. The summed E-state index contributed by atoms with van der Waals surface area (Å²) in [5, 5.41) is 3.54. The van der Waals surface area contributed by atoms with Crippen LogP contribution in [0.3, 0.4) is 0 Å². The third kappa shape index (κ3) is 4.30. The molecule has 0 bridgehead atoms. The van der Waals surface area contributed by atoms with Crippen LogP contribution in [0, 0.1) is 13.8 Å². The molecule has 1 aromatic carbocycles. The molecule has 1 saturated heterocycles. The van der Waals surface area contributed by atoms with Gasteiger partial charge in [-0.25, -0.2) is 12.7 Å². The van der Waals surface area contributed by atoms with Crippen LogP contribution >= 0.6 is 0 Å². The number of rotatable bonds is 4. The van der Waals surface area contributed by atoms with Crippen molar-refractivity contribution >= 4 is 10.0 Å². The highest BCUT2D eigenvalue weighted by molar-refractivity contribution is 7.88. The number of sulfonamides is 1. The number of hydrogen-bond donors (Lipinski definition) is 1. The van der Waals surface area contributed by atoms with Crippen LogP contribution in [0.4, 0.5) is 0 Å². The lowest BCUT2D eigenvalue weighted by Crippen LogP contribution is -2.44. The van der Waals surface area contributed by atoms with Gasteiger partial charge in [0.2, 0.25) is 10.0 Å². The van der Waals surface area contributed by atoms with Crippen molar-refractivity contribution in [3.8, 4) is 0 Å². The molecule has 0 amide bonds. The van der Waals surface area contributed by atoms with Gasteiger partial charge in [0.1, 0.15) is 0 Å². The summed E-state index contributed by atoms with van der Waals surface area (Å²) < 4.78 is 24.5. The molecule has 0 aromatic heterocycles. The van der Waals surface area contributed by atoms with Crippen molar-refractivity contribution in [1.29, 1.82) is 0 Å². The Morgan fingerprint density at radius 2 is 1.70 bits per heavy atom. The topological polar surface area (TPSA) is 49.4 Å². The quantitative estimate of drug-likeness (QED) is 0.922. The maximum absolute atomic E-state index is 11.5. The number of benzene rings is 1. The summed E-state index contributed by atoms with van der Waals surface area (Å²) in [5.74, 6) is 0. The van der Waals surface area contributed by atoms with E-state index in [4.69, 9.17) is 0 Å². The molecule has 0 unspecified atom stereocenters. The molecular formula is C15H24N2O2S. The van der Waals surface area contributed by atoms with Crippen molar-refractivity contribution in [3.63, 3.8) is 0 Å². The predicted molar refractivity (Wildman–Crippen MR) is 82.2 cm³/mol. The van der Waals surface area contributed by atoms with E-state index in [2.05, 4.69) is 37.4 Å². The fourth-order valence-electron chi connectivity index (χ4n) is 2.82. The zero-order chi connectivity index (χ0) is 14.8. The lowest BCUT2D eigenvalue weighted by molar-refractivity contribution is 0.290. The summed E-state index contributed by atoms with van der Waals surface area (Å²) in [6, 6.07) is 6.99. The summed E-state index contributed by atoms with van der Waals surface area (Å²) in [4.78, 5) is 0. The average molecular weight is 296 g/mol. The fraction of sp³-hybridized carbons (Fsp3) is 0.600. The van der Waals surface area contributed by atoms with Gasteiger partial charge < -0.3 is 5.32 Å². The maximum atomic E-state index is 11.5. The minimum atomic E-state index is -3.02. The normalized spacial score (nSPS) is 18.4. The summed E-state index contributed by atoms with van der Waals surface area (Å²) in [5.41, 5.74) is 3.87. The second-order valence-corrected chi connectivity index (χ2v) is 7.80. The Hall–Kier alpha value is -0.910. The van der Waals surface area contributed by atoms with Gasteiger partial charge >= 0.3 is 0 Å². The highest BCUT2D eigenvalue weighted by Gasteiger charge is 2.24. The van der Waals surface area contributed by atoms with Gasteiger partial charge in [-0.15, -0.1) is 0 Å². The maximum Gasteiger partial charge on any atom is 0.211 e. The van der Waals surface area contributed by atoms with Crippen LogP contribution in [0.15, 0.2) is 18.2 Å². The molecule has 1 N–H and O–H groups in total. The van der Waals surface area contributed by atoms with Crippen molar-refractivity contribution in [1.82, 2.24) is 9.62 Å². The second-order valence-electron chi connectivity index (χ2n) is 5.81. The van der Waals surface area contributed by atoms with Gasteiger partial charge in [-0.2, -0.15) is 0 Å². The van der Waals surface area contributed by atoms with Crippen molar-refractivity contribution in [3.05, 3.63) is 34.9 Å². The Morgan fingerprint density at radius 1 is 1.15 bits per heavy atom. The Balaban J connectivity index is 1.84. The number of nitrogens with one attached hydrogen (secondary N) is 1. The van der Waals surface area contributed by atoms with E-state index in [1.54, 1.807) is 4.31 Å². The molecule has 1 aromatic rings. The molecule has 1 aliphatic rings. The van der Waals surface area contributed by atoms with Crippen molar-refractivity contribution < 1.29 is 8.42 Å². The summed E-state index contributed by atoms with van der Waals surface area (Å²) >= 11 is 0. The zero-order valence-corrected chi connectivity index (χ0v) is 13.3. The van der Waals surface area contributed by atoms with Gasteiger partial charge in [-0.1, -0.05) is 29.3 Å². The minimum Gasteiger partial charge on any atom is -0.310 e. The third-order valence-corrected chi connectivity index (χ3v) is 5.10. The van der Waals surface area contributed by atoms with Gasteiger partial charge in [0.05, 0.1) is 6.26 Å². The highest BCUT2D eigenvalue weighted by atomic mass is 32.2. The average Bonchev–Trinajstić information content (AvgIpc) is 2.35. The first-order valence-electron chi connectivity index (χ1n) is 7.10.